The van der Waals surface area contributed by atoms with Crippen molar-refractivity contribution in [3.8, 4) is 0 Å². The van der Waals surface area contributed by atoms with Crippen LogP contribution in [-0.4, -0.2) is 32.1 Å². The Bertz CT molecular complexity index is 1490. The van der Waals surface area contributed by atoms with Crippen LogP contribution in [0.2, 0.25) is 5.02 Å². The summed E-state index contributed by atoms with van der Waals surface area (Å²) in [5.74, 6) is -0.453. The lowest BCUT2D eigenvalue weighted by Crippen LogP contribution is -2.19. The number of carbonyl (C=O) groups is 1. The summed E-state index contributed by atoms with van der Waals surface area (Å²) >= 11 is 5.63. The van der Waals surface area contributed by atoms with Gasteiger partial charge in [-0.2, -0.15) is 13.2 Å². The Morgan fingerprint density at radius 3 is 2.57 bits per heavy atom. The van der Waals surface area contributed by atoms with Gasteiger partial charge >= 0.3 is 6.18 Å². The van der Waals surface area contributed by atoms with E-state index in [9.17, 15) is 26.4 Å². The normalized spacial score (nSPS) is 12.1. The molecule has 1 aromatic heterocycles. The van der Waals surface area contributed by atoms with Gasteiger partial charge in [0.25, 0.3) is 10.0 Å². The zero-order chi connectivity index (χ0) is 27.4. The van der Waals surface area contributed by atoms with E-state index in [4.69, 9.17) is 16.4 Å². The average molecular weight is 553 g/mol. The van der Waals surface area contributed by atoms with Crippen LogP contribution in [0.3, 0.4) is 0 Å². The van der Waals surface area contributed by atoms with E-state index in [1.807, 2.05) is 0 Å². The number of oxime groups is 1. The summed E-state index contributed by atoms with van der Waals surface area (Å²) in [6, 6.07) is 10.1. The molecule has 2 aromatic carbocycles. The van der Waals surface area contributed by atoms with Crippen molar-refractivity contribution in [1.29, 1.82) is 0 Å². The first kappa shape index (κ1) is 27.7. The van der Waals surface area contributed by atoms with Gasteiger partial charge in [0, 0.05) is 17.4 Å². The lowest BCUT2D eigenvalue weighted by atomic mass is 10.0. The number of halogens is 4. The summed E-state index contributed by atoms with van der Waals surface area (Å²) in [7, 11) is -3.25. The first-order valence-electron chi connectivity index (χ1n) is 10.4. The van der Waals surface area contributed by atoms with E-state index in [1.54, 1.807) is 31.2 Å². The minimum absolute atomic E-state index is 0.0215. The van der Waals surface area contributed by atoms with Crippen LogP contribution in [0.1, 0.15) is 22.4 Å². The third-order valence-electron chi connectivity index (χ3n) is 4.82. The third kappa shape index (κ3) is 6.66. The molecule has 1 heterocycles. The van der Waals surface area contributed by atoms with E-state index < -0.39 is 37.6 Å². The number of nitrogens with one attached hydrogen (secondary N) is 2. The van der Waals surface area contributed by atoms with Gasteiger partial charge in [0.15, 0.2) is 0 Å². The molecule has 3 aromatic rings. The van der Waals surface area contributed by atoms with E-state index in [0.29, 0.717) is 22.9 Å². The first-order chi connectivity index (χ1) is 17.4. The summed E-state index contributed by atoms with van der Waals surface area (Å²) in [5, 5.41) is 5.94. The van der Waals surface area contributed by atoms with Crippen LogP contribution in [0.15, 0.2) is 77.4 Å². The van der Waals surface area contributed by atoms with Crippen LogP contribution in [0.5, 0.6) is 0 Å². The Balaban J connectivity index is 2.09. The SMILES string of the molecule is C=CC(=O)Nc1cccc(/C(=N\OC)c2ncc(C)cc2NS(=O)(=O)c2ccc(Cl)c(C(F)(F)F)c2)c1. The fraction of sp³-hybridized carbons (Fsp3) is 0.125. The molecule has 0 radical (unpaired) electrons. The molecule has 3 rings (SSSR count). The molecule has 13 heteroatoms. The van der Waals surface area contributed by atoms with Crippen molar-refractivity contribution in [2.24, 2.45) is 5.16 Å². The maximum Gasteiger partial charge on any atom is 0.417 e. The Kier molecular flexibility index (Phi) is 8.24. The highest BCUT2D eigenvalue weighted by molar-refractivity contribution is 7.92. The molecule has 37 heavy (non-hydrogen) atoms. The fourth-order valence-corrected chi connectivity index (χ4v) is 4.50. The quantitative estimate of drug-likeness (QED) is 0.221. The minimum Gasteiger partial charge on any atom is -0.399 e. The van der Waals surface area contributed by atoms with Gasteiger partial charge in [-0.05, 0) is 55.0 Å². The minimum atomic E-state index is -4.86. The fourth-order valence-electron chi connectivity index (χ4n) is 3.19. The number of hydrogen-bond donors (Lipinski definition) is 2. The molecule has 8 nitrogen and oxygen atoms in total. The molecule has 0 aliphatic heterocycles. The van der Waals surface area contributed by atoms with Crippen molar-refractivity contribution >= 4 is 44.6 Å². The van der Waals surface area contributed by atoms with Gasteiger partial charge in [0.1, 0.15) is 18.5 Å². The molecule has 0 aliphatic carbocycles. The number of aryl methyl sites for hydroxylation is 1. The van der Waals surface area contributed by atoms with Crippen LogP contribution >= 0.6 is 11.6 Å². The Morgan fingerprint density at radius 1 is 1.19 bits per heavy atom. The number of pyridine rings is 1. The molecule has 0 atom stereocenters. The van der Waals surface area contributed by atoms with Crippen molar-refractivity contribution in [3.63, 3.8) is 0 Å². The van der Waals surface area contributed by atoms with Crippen molar-refractivity contribution in [2.75, 3.05) is 17.1 Å². The molecule has 0 saturated carbocycles. The summed E-state index contributed by atoms with van der Waals surface area (Å²) in [4.78, 5) is 20.3. The highest BCUT2D eigenvalue weighted by Crippen LogP contribution is 2.36. The van der Waals surface area contributed by atoms with Crippen LogP contribution < -0.4 is 10.0 Å². The number of rotatable bonds is 8. The van der Waals surface area contributed by atoms with Crippen molar-refractivity contribution in [3.05, 3.63) is 94.8 Å². The van der Waals surface area contributed by atoms with Crippen molar-refractivity contribution in [2.45, 2.75) is 18.0 Å². The van der Waals surface area contributed by atoms with Crippen molar-refractivity contribution in [1.82, 2.24) is 4.98 Å². The lowest BCUT2D eigenvalue weighted by molar-refractivity contribution is -0.137. The molecule has 194 valence electrons. The van der Waals surface area contributed by atoms with Gasteiger partial charge in [0.05, 0.1) is 21.2 Å². The smallest absolute Gasteiger partial charge is 0.399 e. The molecular weight excluding hydrogens is 533 g/mol. The molecule has 0 fully saturated rings. The summed E-state index contributed by atoms with van der Waals surface area (Å²) in [5.41, 5.74) is 0.0830. The number of benzene rings is 2. The molecule has 1 amide bonds. The van der Waals surface area contributed by atoms with Gasteiger partial charge in [-0.1, -0.05) is 35.5 Å². The van der Waals surface area contributed by atoms with E-state index in [1.165, 1.54) is 19.4 Å². The van der Waals surface area contributed by atoms with Crippen LogP contribution in [0.25, 0.3) is 0 Å². The summed E-state index contributed by atoms with van der Waals surface area (Å²) in [6.45, 7) is 5.04. The molecule has 0 bridgehead atoms. The number of nitrogens with zero attached hydrogens (tertiary/aromatic N) is 2. The zero-order valence-electron chi connectivity index (χ0n) is 19.4. The van der Waals surface area contributed by atoms with Crippen molar-refractivity contribution < 1.29 is 31.2 Å². The number of anilines is 2. The van der Waals surface area contributed by atoms with Gasteiger partial charge < -0.3 is 10.2 Å². The predicted octanol–water partition coefficient (Wildman–Crippen LogP) is 5.39. The largest absolute Gasteiger partial charge is 0.417 e. The van der Waals surface area contributed by atoms with E-state index >= 15 is 0 Å². The van der Waals surface area contributed by atoms with Crippen LogP contribution in [0.4, 0.5) is 24.5 Å². The molecule has 0 aliphatic rings. The number of alkyl halides is 3. The van der Waals surface area contributed by atoms with Gasteiger partial charge in [0.2, 0.25) is 5.91 Å². The molecule has 0 unspecified atom stereocenters. The average Bonchev–Trinajstić information content (AvgIpc) is 2.82. The number of aromatic nitrogens is 1. The van der Waals surface area contributed by atoms with Gasteiger partial charge in [-0.3, -0.25) is 14.5 Å². The maximum absolute atomic E-state index is 13.3. The van der Waals surface area contributed by atoms with E-state index in [2.05, 4.69) is 26.8 Å². The number of carbonyl (C=O) groups excluding carboxylic acids is 1. The Morgan fingerprint density at radius 2 is 1.92 bits per heavy atom. The van der Waals surface area contributed by atoms with E-state index in [-0.39, 0.29) is 17.1 Å². The molecule has 0 spiro atoms. The number of sulfonamides is 1. The topological polar surface area (TPSA) is 110 Å². The summed E-state index contributed by atoms with van der Waals surface area (Å²) < 4.78 is 68.4. The van der Waals surface area contributed by atoms with E-state index in [0.717, 1.165) is 18.2 Å². The highest BCUT2D eigenvalue weighted by Gasteiger charge is 2.34. The second-order valence-corrected chi connectivity index (χ2v) is 9.64. The maximum atomic E-state index is 13.3. The highest BCUT2D eigenvalue weighted by atomic mass is 35.5. The second-order valence-electron chi connectivity index (χ2n) is 7.55. The molecular formula is C24H20ClF3N4O4S. The summed E-state index contributed by atoms with van der Waals surface area (Å²) in [6.07, 6.45) is -2.32. The first-order valence-corrected chi connectivity index (χ1v) is 12.2. The monoisotopic (exact) mass is 552 g/mol. The number of amides is 1. The lowest BCUT2D eigenvalue weighted by Gasteiger charge is -2.16. The second kappa shape index (κ2) is 11.0. The van der Waals surface area contributed by atoms with Gasteiger partial charge in [-0.15, -0.1) is 0 Å². The zero-order valence-corrected chi connectivity index (χ0v) is 21.0. The number of hydrogen-bond acceptors (Lipinski definition) is 6. The van der Waals surface area contributed by atoms with Crippen LogP contribution in [-0.2, 0) is 25.8 Å². The molecule has 0 saturated heterocycles. The molecule has 2 N–H and O–H groups in total. The van der Waals surface area contributed by atoms with Gasteiger partial charge in [-0.25, -0.2) is 8.42 Å². The third-order valence-corrected chi connectivity index (χ3v) is 6.51. The Labute approximate surface area is 215 Å². The van der Waals surface area contributed by atoms with Crippen LogP contribution in [0, 0.1) is 6.92 Å². The Hall–Kier alpha value is -3.90. The standard InChI is InChI=1S/C24H20ClF3N4O4S/c1-4-21(33)30-16-7-5-6-15(11-16)22(31-36-3)23-20(10-14(2)13-29-23)32-37(34,35)17-8-9-19(25)18(12-17)24(26,27)28/h4-13,32H,1H2,2-3H3,(H,30,33)/b31-22+. The predicted molar refractivity (Wildman–Crippen MR) is 134 cm³/mol.